The van der Waals surface area contributed by atoms with Crippen molar-refractivity contribution >= 4 is 22.8 Å². The average Bonchev–Trinajstić information content (AvgIpc) is 2.40. The molecule has 0 amide bonds. The van der Waals surface area contributed by atoms with E-state index < -0.39 is 5.56 Å². The SMILES string of the molecule is O=c1[nH]c(-c2ccc(O)cc2)nc2ncc(Cl)nc12. The number of H-pyrrole nitrogens is 1. The van der Waals surface area contributed by atoms with Gasteiger partial charge in [-0.1, -0.05) is 11.6 Å². The number of phenolic OH excluding ortho intramolecular Hbond substituents is 1. The van der Waals surface area contributed by atoms with E-state index in [1.807, 2.05) is 0 Å². The van der Waals surface area contributed by atoms with Crippen molar-refractivity contribution in [2.24, 2.45) is 0 Å². The molecule has 0 bridgehead atoms. The second kappa shape index (κ2) is 4.33. The minimum Gasteiger partial charge on any atom is -0.508 e. The van der Waals surface area contributed by atoms with Gasteiger partial charge in [0.15, 0.2) is 11.2 Å². The smallest absolute Gasteiger partial charge is 0.279 e. The summed E-state index contributed by atoms with van der Waals surface area (Å²) in [5.41, 5.74) is 0.558. The van der Waals surface area contributed by atoms with E-state index in [0.29, 0.717) is 11.4 Å². The Kier molecular flexibility index (Phi) is 2.64. The van der Waals surface area contributed by atoms with Crippen LogP contribution in [0.15, 0.2) is 35.3 Å². The third kappa shape index (κ3) is 2.13. The van der Waals surface area contributed by atoms with Crippen LogP contribution in [0.3, 0.4) is 0 Å². The van der Waals surface area contributed by atoms with Gasteiger partial charge < -0.3 is 10.1 Å². The lowest BCUT2D eigenvalue weighted by Gasteiger charge is -2.02. The summed E-state index contributed by atoms with van der Waals surface area (Å²) in [4.78, 5) is 26.5. The normalized spacial score (nSPS) is 10.8. The number of halogens is 1. The minimum absolute atomic E-state index is 0.0926. The number of hydrogen-bond acceptors (Lipinski definition) is 5. The second-order valence-corrected chi connectivity index (χ2v) is 4.21. The number of nitrogens with zero attached hydrogens (tertiary/aromatic N) is 3. The predicted octanol–water partition coefficient (Wildman–Crippen LogP) is 1.74. The number of phenols is 1. The highest BCUT2D eigenvalue weighted by Gasteiger charge is 2.08. The van der Waals surface area contributed by atoms with Crippen molar-refractivity contribution in [3.63, 3.8) is 0 Å². The van der Waals surface area contributed by atoms with Crippen LogP contribution in [-0.2, 0) is 0 Å². The van der Waals surface area contributed by atoms with Crippen molar-refractivity contribution in [2.45, 2.75) is 0 Å². The van der Waals surface area contributed by atoms with Gasteiger partial charge in [0, 0.05) is 5.56 Å². The quantitative estimate of drug-likeness (QED) is 0.705. The maximum absolute atomic E-state index is 11.9. The van der Waals surface area contributed by atoms with Gasteiger partial charge in [-0.25, -0.2) is 15.0 Å². The summed E-state index contributed by atoms with van der Waals surface area (Å²) in [5.74, 6) is 0.493. The molecule has 19 heavy (non-hydrogen) atoms. The Hall–Kier alpha value is -2.47. The molecule has 2 heterocycles. The van der Waals surface area contributed by atoms with Crippen LogP contribution in [0.2, 0.25) is 5.15 Å². The second-order valence-electron chi connectivity index (χ2n) is 3.83. The molecule has 0 unspecified atom stereocenters. The van der Waals surface area contributed by atoms with E-state index in [2.05, 4.69) is 19.9 Å². The van der Waals surface area contributed by atoms with E-state index in [1.54, 1.807) is 12.1 Å². The Bertz CT molecular complexity index is 814. The van der Waals surface area contributed by atoms with Gasteiger partial charge in [-0.2, -0.15) is 0 Å². The van der Waals surface area contributed by atoms with Crippen molar-refractivity contribution in [3.05, 3.63) is 46.0 Å². The largest absolute Gasteiger partial charge is 0.508 e. The number of aromatic nitrogens is 4. The first-order chi connectivity index (χ1) is 9.13. The lowest BCUT2D eigenvalue weighted by Crippen LogP contribution is -2.12. The number of aromatic amines is 1. The van der Waals surface area contributed by atoms with Crippen LogP contribution in [0.4, 0.5) is 0 Å². The lowest BCUT2D eigenvalue weighted by molar-refractivity contribution is 0.475. The van der Waals surface area contributed by atoms with Gasteiger partial charge in [0.25, 0.3) is 5.56 Å². The molecule has 0 saturated carbocycles. The molecule has 0 aliphatic rings. The molecular weight excluding hydrogens is 268 g/mol. The molecule has 0 spiro atoms. The average molecular weight is 275 g/mol. The molecule has 7 heteroatoms. The maximum atomic E-state index is 11.9. The number of rotatable bonds is 1. The van der Waals surface area contributed by atoms with Crippen molar-refractivity contribution in [1.82, 2.24) is 19.9 Å². The molecule has 2 aromatic heterocycles. The first-order valence-corrected chi connectivity index (χ1v) is 5.73. The van der Waals surface area contributed by atoms with E-state index in [0.717, 1.165) is 0 Å². The van der Waals surface area contributed by atoms with Crippen LogP contribution < -0.4 is 5.56 Å². The zero-order chi connectivity index (χ0) is 13.4. The Morgan fingerprint density at radius 2 is 1.89 bits per heavy atom. The van der Waals surface area contributed by atoms with E-state index in [4.69, 9.17) is 11.6 Å². The number of benzene rings is 1. The lowest BCUT2D eigenvalue weighted by atomic mass is 10.2. The first-order valence-electron chi connectivity index (χ1n) is 5.35. The molecule has 0 saturated heterocycles. The molecule has 6 nitrogen and oxygen atoms in total. The van der Waals surface area contributed by atoms with Crippen LogP contribution in [0.1, 0.15) is 0 Å². The van der Waals surface area contributed by atoms with Gasteiger partial charge in [0.05, 0.1) is 6.20 Å². The fraction of sp³-hybridized carbons (Fsp3) is 0. The molecule has 0 radical (unpaired) electrons. The van der Waals surface area contributed by atoms with Crippen molar-refractivity contribution in [1.29, 1.82) is 0 Å². The standard InChI is InChI=1S/C12H7ClN4O2/c13-8-5-14-11-9(15-8)12(19)17-10(16-11)6-1-3-7(18)4-2-6/h1-5,18H,(H,14,16,17,19). The highest BCUT2D eigenvalue weighted by atomic mass is 35.5. The molecule has 94 valence electrons. The Balaban J connectivity index is 2.24. The van der Waals surface area contributed by atoms with Gasteiger partial charge >= 0.3 is 0 Å². The highest BCUT2D eigenvalue weighted by molar-refractivity contribution is 6.29. The number of fused-ring (bicyclic) bond motifs is 1. The van der Waals surface area contributed by atoms with E-state index in [9.17, 15) is 9.90 Å². The summed E-state index contributed by atoms with van der Waals surface area (Å²) in [7, 11) is 0. The molecule has 1 aromatic carbocycles. The third-order valence-electron chi connectivity index (χ3n) is 2.53. The molecular formula is C12H7ClN4O2. The van der Waals surface area contributed by atoms with Crippen molar-refractivity contribution < 1.29 is 5.11 Å². The summed E-state index contributed by atoms with van der Waals surface area (Å²) < 4.78 is 0. The van der Waals surface area contributed by atoms with Gasteiger partial charge in [0.1, 0.15) is 16.7 Å². The zero-order valence-electron chi connectivity index (χ0n) is 9.46. The van der Waals surface area contributed by atoms with Crippen LogP contribution in [-0.4, -0.2) is 25.0 Å². The number of nitrogens with one attached hydrogen (secondary N) is 1. The molecule has 0 aliphatic heterocycles. The summed E-state index contributed by atoms with van der Waals surface area (Å²) in [6, 6.07) is 6.30. The van der Waals surface area contributed by atoms with E-state index >= 15 is 0 Å². The van der Waals surface area contributed by atoms with Gasteiger partial charge in [0.2, 0.25) is 0 Å². The Labute approximate surface area is 111 Å². The van der Waals surface area contributed by atoms with Crippen molar-refractivity contribution in [3.8, 4) is 17.1 Å². The monoisotopic (exact) mass is 274 g/mol. The summed E-state index contributed by atoms with van der Waals surface area (Å²) in [5, 5.41) is 9.37. The number of aromatic hydroxyl groups is 1. The van der Waals surface area contributed by atoms with E-state index in [-0.39, 0.29) is 22.1 Å². The molecule has 2 N–H and O–H groups in total. The first kappa shape index (κ1) is 11.6. The third-order valence-corrected chi connectivity index (χ3v) is 2.71. The summed E-state index contributed by atoms with van der Waals surface area (Å²) in [6.07, 6.45) is 1.33. The molecule has 0 atom stereocenters. The fourth-order valence-electron chi connectivity index (χ4n) is 1.65. The minimum atomic E-state index is -0.414. The topological polar surface area (TPSA) is 91.8 Å². The van der Waals surface area contributed by atoms with Crippen LogP contribution in [0.5, 0.6) is 5.75 Å². The molecule has 0 fully saturated rings. The maximum Gasteiger partial charge on any atom is 0.279 e. The Morgan fingerprint density at radius 1 is 1.16 bits per heavy atom. The highest BCUT2D eigenvalue weighted by Crippen LogP contribution is 2.18. The molecule has 3 rings (SSSR count). The molecule has 3 aromatic rings. The Morgan fingerprint density at radius 3 is 2.63 bits per heavy atom. The van der Waals surface area contributed by atoms with Gasteiger partial charge in [-0.15, -0.1) is 0 Å². The van der Waals surface area contributed by atoms with Crippen LogP contribution in [0, 0.1) is 0 Å². The fourth-order valence-corrected chi connectivity index (χ4v) is 1.79. The van der Waals surface area contributed by atoms with Gasteiger partial charge in [-0.3, -0.25) is 4.79 Å². The molecule has 0 aliphatic carbocycles. The number of hydrogen-bond donors (Lipinski definition) is 2. The zero-order valence-corrected chi connectivity index (χ0v) is 10.2. The predicted molar refractivity (Wildman–Crippen MR) is 70.1 cm³/mol. The van der Waals surface area contributed by atoms with E-state index in [1.165, 1.54) is 18.3 Å². The van der Waals surface area contributed by atoms with Gasteiger partial charge in [-0.05, 0) is 24.3 Å². The van der Waals surface area contributed by atoms with Crippen LogP contribution >= 0.6 is 11.6 Å². The van der Waals surface area contributed by atoms with Crippen LogP contribution in [0.25, 0.3) is 22.6 Å². The van der Waals surface area contributed by atoms with Crippen molar-refractivity contribution in [2.75, 3.05) is 0 Å². The summed E-state index contributed by atoms with van der Waals surface area (Å²) >= 11 is 5.68. The summed E-state index contributed by atoms with van der Waals surface area (Å²) in [6.45, 7) is 0.